The number of anilines is 1. The maximum atomic E-state index is 12.8. The van der Waals surface area contributed by atoms with Crippen molar-refractivity contribution < 1.29 is 9.59 Å². The number of hydrogen-bond acceptors (Lipinski definition) is 3. The van der Waals surface area contributed by atoms with Gasteiger partial charge in [-0.2, -0.15) is 5.26 Å². The van der Waals surface area contributed by atoms with Gasteiger partial charge in [0.2, 0.25) is 11.8 Å². The zero-order valence-corrected chi connectivity index (χ0v) is 12.6. The molecule has 1 saturated carbocycles. The topological polar surface area (TPSA) is 73.2 Å². The Morgan fingerprint density at radius 2 is 2.00 bits per heavy atom. The lowest BCUT2D eigenvalue weighted by Gasteiger charge is -2.25. The summed E-state index contributed by atoms with van der Waals surface area (Å²) in [7, 11) is 0. The molecule has 2 atom stereocenters. The van der Waals surface area contributed by atoms with E-state index in [1.165, 1.54) is 0 Å². The first-order chi connectivity index (χ1) is 10.6. The second-order valence-electron chi connectivity index (χ2n) is 6.35. The zero-order valence-electron chi connectivity index (χ0n) is 12.6. The van der Waals surface area contributed by atoms with Crippen LogP contribution in [0.5, 0.6) is 0 Å². The first-order valence-electron chi connectivity index (χ1n) is 7.64. The summed E-state index contributed by atoms with van der Waals surface area (Å²) in [6.07, 6.45) is 1.82. The van der Waals surface area contributed by atoms with Crippen LogP contribution in [0.2, 0.25) is 0 Å². The molecule has 1 aliphatic heterocycles. The molecule has 1 aromatic rings. The smallest absolute Gasteiger partial charge is 0.240 e. The van der Waals surface area contributed by atoms with Crippen LogP contribution in [0.1, 0.15) is 26.2 Å². The van der Waals surface area contributed by atoms with Gasteiger partial charge < -0.3 is 10.2 Å². The Balaban J connectivity index is 1.74. The Morgan fingerprint density at radius 1 is 1.32 bits per heavy atom. The summed E-state index contributed by atoms with van der Waals surface area (Å²) in [4.78, 5) is 26.9. The van der Waals surface area contributed by atoms with Gasteiger partial charge in [-0.3, -0.25) is 9.59 Å². The molecule has 1 aliphatic carbocycles. The number of nitrogens with zero attached hydrogens (tertiary/aromatic N) is 2. The highest BCUT2D eigenvalue weighted by molar-refractivity contribution is 6.13. The van der Waals surface area contributed by atoms with Gasteiger partial charge in [0.05, 0.1) is 6.07 Å². The van der Waals surface area contributed by atoms with Crippen molar-refractivity contribution in [2.75, 3.05) is 11.9 Å². The van der Waals surface area contributed by atoms with Gasteiger partial charge in [0.25, 0.3) is 0 Å². The van der Waals surface area contributed by atoms with Crippen LogP contribution in [-0.4, -0.2) is 29.3 Å². The van der Waals surface area contributed by atoms with Gasteiger partial charge in [0, 0.05) is 12.2 Å². The van der Waals surface area contributed by atoms with Crippen LogP contribution < -0.4 is 5.32 Å². The normalized spacial score (nSPS) is 25.4. The Hall–Kier alpha value is -2.35. The summed E-state index contributed by atoms with van der Waals surface area (Å²) in [5.74, 6) is -0.127. The van der Waals surface area contributed by atoms with E-state index in [1.54, 1.807) is 17.0 Å². The Bertz CT molecular complexity index is 631. The minimum Gasteiger partial charge on any atom is -0.325 e. The summed E-state index contributed by atoms with van der Waals surface area (Å²) < 4.78 is 0. The molecule has 1 aromatic carbocycles. The van der Waals surface area contributed by atoms with Crippen molar-refractivity contribution in [3.8, 4) is 6.07 Å². The fourth-order valence-corrected chi connectivity index (χ4v) is 3.10. The standard InChI is InChI=1S/C17H19N3O2/c1-12-9-14(10-18)20(11-12)16(22)17(7-8-17)15(21)19-13-5-3-2-4-6-13/h2-6,12,14H,7-9,11H2,1H3,(H,19,21). The van der Waals surface area contributed by atoms with E-state index in [0.717, 1.165) is 0 Å². The SMILES string of the molecule is CC1CC(C#N)N(C(=O)C2(C(=O)Nc3ccccc3)CC2)C1. The number of amides is 2. The molecule has 0 bridgehead atoms. The van der Waals surface area contributed by atoms with Crippen molar-refractivity contribution in [1.29, 1.82) is 5.26 Å². The molecule has 5 heteroatoms. The predicted octanol–water partition coefficient (Wildman–Crippen LogP) is 2.17. The van der Waals surface area contributed by atoms with Crippen molar-refractivity contribution in [3.05, 3.63) is 30.3 Å². The molecule has 2 aliphatic rings. The average molecular weight is 297 g/mol. The van der Waals surface area contributed by atoms with E-state index in [2.05, 4.69) is 11.4 Å². The maximum absolute atomic E-state index is 12.8. The lowest BCUT2D eigenvalue weighted by atomic mass is 10.0. The molecule has 22 heavy (non-hydrogen) atoms. The molecule has 0 aromatic heterocycles. The van der Waals surface area contributed by atoms with Crippen LogP contribution in [0.15, 0.2) is 30.3 Å². The molecular formula is C17H19N3O2. The van der Waals surface area contributed by atoms with Gasteiger partial charge in [-0.15, -0.1) is 0 Å². The van der Waals surface area contributed by atoms with Gasteiger partial charge in [-0.25, -0.2) is 0 Å². The molecule has 1 N–H and O–H groups in total. The van der Waals surface area contributed by atoms with E-state index in [0.29, 0.717) is 37.4 Å². The van der Waals surface area contributed by atoms with Crippen LogP contribution in [0, 0.1) is 22.7 Å². The molecule has 5 nitrogen and oxygen atoms in total. The molecule has 2 amide bonds. The van der Waals surface area contributed by atoms with E-state index in [9.17, 15) is 14.9 Å². The summed E-state index contributed by atoms with van der Waals surface area (Å²) in [5.41, 5.74) is -0.271. The lowest BCUT2D eigenvalue weighted by molar-refractivity contribution is -0.142. The van der Waals surface area contributed by atoms with Crippen molar-refractivity contribution in [1.82, 2.24) is 4.90 Å². The molecule has 1 saturated heterocycles. The number of carbonyl (C=O) groups excluding carboxylic acids is 2. The van der Waals surface area contributed by atoms with Crippen LogP contribution in [0.3, 0.4) is 0 Å². The Kier molecular flexibility index (Phi) is 3.61. The fraction of sp³-hybridized carbons (Fsp3) is 0.471. The number of benzene rings is 1. The number of nitriles is 1. The third-order valence-corrected chi connectivity index (χ3v) is 4.55. The number of nitrogens with one attached hydrogen (secondary N) is 1. The molecule has 0 spiro atoms. The predicted molar refractivity (Wildman–Crippen MR) is 81.6 cm³/mol. The minimum absolute atomic E-state index is 0.183. The maximum Gasteiger partial charge on any atom is 0.240 e. The number of rotatable bonds is 3. The summed E-state index contributed by atoms with van der Waals surface area (Å²) in [6, 6.07) is 10.9. The van der Waals surface area contributed by atoms with Crippen molar-refractivity contribution >= 4 is 17.5 Å². The van der Waals surface area contributed by atoms with E-state index in [1.807, 2.05) is 25.1 Å². The van der Waals surface area contributed by atoms with Gasteiger partial charge in [0.15, 0.2) is 0 Å². The second kappa shape index (κ2) is 5.45. The summed E-state index contributed by atoms with van der Waals surface area (Å²) >= 11 is 0. The largest absolute Gasteiger partial charge is 0.325 e. The van der Waals surface area contributed by atoms with Crippen LogP contribution >= 0.6 is 0 Å². The highest BCUT2D eigenvalue weighted by Gasteiger charge is 2.59. The molecule has 1 heterocycles. The van der Waals surface area contributed by atoms with E-state index in [-0.39, 0.29) is 11.8 Å². The van der Waals surface area contributed by atoms with Crippen molar-refractivity contribution in [2.45, 2.75) is 32.2 Å². The van der Waals surface area contributed by atoms with Crippen LogP contribution in [0.4, 0.5) is 5.69 Å². The van der Waals surface area contributed by atoms with E-state index >= 15 is 0 Å². The number of likely N-dealkylation sites (tertiary alicyclic amines) is 1. The van der Waals surface area contributed by atoms with Gasteiger partial charge in [0.1, 0.15) is 11.5 Å². The van der Waals surface area contributed by atoms with E-state index in [4.69, 9.17) is 0 Å². The van der Waals surface area contributed by atoms with Crippen LogP contribution in [-0.2, 0) is 9.59 Å². The average Bonchev–Trinajstić information content (AvgIpc) is 3.25. The van der Waals surface area contributed by atoms with Gasteiger partial charge >= 0.3 is 0 Å². The first kappa shape index (κ1) is 14.6. The molecular weight excluding hydrogens is 278 g/mol. The number of hydrogen-bond donors (Lipinski definition) is 1. The second-order valence-corrected chi connectivity index (χ2v) is 6.35. The number of carbonyl (C=O) groups is 2. The minimum atomic E-state index is -0.963. The highest BCUT2D eigenvalue weighted by atomic mass is 16.2. The van der Waals surface area contributed by atoms with Crippen molar-refractivity contribution in [2.24, 2.45) is 11.3 Å². The van der Waals surface area contributed by atoms with Crippen LogP contribution in [0.25, 0.3) is 0 Å². The molecule has 2 fully saturated rings. The lowest BCUT2D eigenvalue weighted by Crippen LogP contribution is -2.45. The fourth-order valence-electron chi connectivity index (χ4n) is 3.10. The van der Waals surface area contributed by atoms with Gasteiger partial charge in [-0.05, 0) is 37.3 Å². The quantitative estimate of drug-likeness (QED) is 0.869. The molecule has 0 radical (unpaired) electrons. The molecule has 2 unspecified atom stereocenters. The Morgan fingerprint density at radius 3 is 2.59 bits per heavy atom. The highest BCUT2D eigenvalue weighted by Crippen LogP contribution is 2.49. The van der Waals surface area contributed by atoms with E-state index < -0.39 is 11.5 Å². The van der Waals surface area contributed by atoms with Gasteiger partial charge in [-0.1, -0.05) is 25.1 Å². The summed E-state index contributed by atoms with van der Waals surface area (Å²) in [6.45, 7) is 2.60. The number of para-hydroxylation sites is 1. The zero-order chi connectivity index (χ0) is 15.7. The monoisotopic (exact) mass is 297 g/mol. The van der Waals surface area contributed by atoms with Crippen molar-refractivity contribution in [3.63, 3.8) is 0 Å². The third kappa shape index (κ3) is 2.45. The molecule has 114 valence electrons. The Labute approximate surface area is 129 Å². The first-order valence-corrected chi connectivity index (χ1v) is 7.64. The summed E-state index contributed by atoms with van der Waals surface area (Å²) in [5, 5.41) is 12.0. The molecule has 3 rings (SSSR count). The third-order valence-electron chi connectivity index (χ3n) is 4.55.